The number of aryl methyl sites for hydroxylation is 1. The first-order chi connectivity index (χ1) is 16.5. The summed E-state index contributed by atoms with van der Waals surface area (Å²) in [6.07, 6.45) is 1.70. The van der Waals surface area contributed by atoms with E-state index in [9.17, 15) is 19.1 Å². The lowest BCUT2D eigenvalue weighted by atomic mass is 9.76. The van der Waals surface area contributed by atoms with Crippen molar-refractivity contribution in [1.82, 2.24) is 0 Å². The summed E-state index contributed by atoms with van der Waals surface area (Å²) in [4.78, 5) is 27.4. The van der Waals surface area contributed by atoms with E-state index in [0.717, 1.165) is 41.3 Å². The van der Waals surface area contributed by atoms with Crippen molar-refractivity contribution in [3.8, 4) is 5.75 Å². The number of aromatic carboxylic acids is 1. The van der Waals surface area contributed by atoms with Gasteiger partial charge in [-0.25, -0.2) is 9.18 Å². The topological polar surface area (TPSA) is 66.8 Å². The molecule has 0 unspecified atom stereocenters. The minimum atomic E-state index is -1.25. The molecule has 2 heterocycles. The molecule has 1 amide bonds. The van der Waals surface area contributed by atoms with E-state index in [4.69, 9.17) is 16.3 Å². The Bertz CT molecular complexity index is 1390. The van der Waals surface area contributed by atoms with Crippen molar-refractivity contribution in [1.29, 1.82) is 0 Å². The number of amides is 1. The van der Waals surface area contributed by atoms with Crippen molar-refractivity contribution in [2.75, 3.05) is 4.90 Å². The van der Waals surface area contributed by atoms with Crippen molar-refractivity contribution in [3.05, 3.63) is 93.3 Å². The number of carbonyl (C=O) groups is 2. The van der Waals surface area contributed by atoms with E-state index in [-0.39, 0.29) is 23.6 Å². The summed E-state index contributed by atoms with van der Waals surface area (Å²) in [5.41, 5.74) is 2.15. The molecule has 5 nitrogen and oxygen atoms in total. The number of nitrogens with zero attached hydrogens (tertiary/aromatic N) is 1. The van der Waals surface area contributed by atoms with Crippen molar-refractivity contribution < 1.29 is 23.8 Å². The van der Waals surface area contributed by atoms with E-state index < -0.39 is 17.2 Å². The maximum absolute atomic E-state index is 14.0. The van der Waals surface area contributed by atoms with Gasteiger partial charge in [0.1, 0.15) is 17.2 Å². The van der Waals surface area contributed by atoms with Crippen LogP contribution >= 0.6 is 11.6 Å². The molecule has 180 valence electrons. The molecule has 3 aromatic carbocycles. The fourth-order valence-corrected chi connectivity index (χ4v) is 5.27. The molecule has 0 bridgehead atoms. The number of ether oxygens (including phenoxy) is 1. The SMILES string of the molecule is CC1(C)CCc2cc([C@]3(C)C(=O)N(Cc4ccc(F)cc4C(=O)O)c4ccc(Cl)cc43)ccc2O1. The van der Waals surface area contributed by atoms with Crippen molar-refractivity contribution in [3.63, 3.8) is 0 Å². The van der Waals surface area contributed by atoms with Crippen LogP contribution in [0.5, 0.6) is 5.75 Å². The van der Waals surface area contributed by atoms with Crippen LogP contribution in [0.3, 0.4) is 0 Å². The van der Waals surface area contributed by atoms with Crippen molar-refractivity contribution in [2.24, 2.45) is 0 Å². The molecule has 0 radical (unpaired) electrons. The average Bonchev–Trinajstić information content (AvgIpc) is 3.01. The predicted octanol–water partition coefficient (Wildman–Crippen LogP) is 6.13. The summed E-state index contributed by atoms with van der Waals surface area (Å²) < 4.78 is 19.9. The first-order valence-electron chi connectivity index (χ1n) is 11.5. The predicted molar refractivity (Wildman–Crippen MR) is 132 cm³/mol. The van der Waals surface area contributed by atoms with Gasteiger partial charge in [0.2, 0.25) is 5.91 Å². The molecule has 0 saturated heterocycles. The third kappa shape index (κ3) is 3.86. The zero-order valence-electron chi connectivity index (χ0n) is 19.7. The molecular weight excluding hydrogens is 469 g/mol. The summed E-state index contributed by atoms with van der Waals surface area (Å²) in [6, 6.07) is 14.7. The van der Waals surface area contributed by atoms with Gasteiger partial charge in [-0.05, 0) is 92.3 Å². The molecule has 2 aliphatic rings. The monoisotopic (exact) mass is 493 g/mol. The molecule has 0 aromatic heterocycles. The molecule has 0 aliphatic carbocycles. The molecule has 0 saturated carbocycles. The number of rotatable bonds is 4. The first-order valence-corrected chi connectivity index (χ1v) is 11.8. The lowest BCUT2D eigenvalue weighted by Crippen LogP contribution is -2.39. The highest BCUT2D eigenvalue weighted by Gasteiger charge is 2.49. The second-order valence-corrected chi connectivity index (χ2v) is 10.4. The van der Waals surface area contributed by atoms with Gasteiger partial charge in [0.25, 0.3) is 0 Å². The number of carboxylic acids is 1. The third-order valence-electron chi connectivity index (χ3n) is 7.11. The van der Waals surface area contributed by atoms with Crippen LogP contribution in [0, 0.1) is 5.82 Å². The van der Waals surface area contributed by atoms with Crippen LogP contribution in [0.1, 0.15) is 59.8 Å². The molecular formula is C28H25ClFNO4. The van der Waals surface area contributed by atoms with E-state index in [1.54, 1.807) is 23.1 Å². The van der Waals surface area contributed by atoms with Crippen molar-refractivity contribution >= 4 is 29.2 Å². The Balaban J connectivity index is 1.60. The van der Waals surface area contributed by atoms with E-state index >= 15 is 0 Å². The zero-order chi connectivity index (χ0) is 25.1. The summed E-state index contributed by atoms with van der Waals surface area (Å²) in [5.74, 6) is -1.27. The number of fused-ring (bicyclic) bond motifs is 2. The molecule has 35 heavy (non-hydrogen) atoms. The van der Waals surface area contributed by atoms with Crippen LogP contribution in [0.15, 0.2) is 54.6 Å². The van der Waals surface area contributed by atoms with Crippen LogP contribution < -0.4 is 9.64 Å². The number of anilines is 1. The van der Waals surface area contributed by atoms with Gasteiger partial charge < -0.3 is 14.7 Å². The third-order valence-corrected chi connectivity index (χ3v) is 7.35. The zero-order valence-corrected chi connectivity index (χ0v) is 20.4. The van der Waals surface area contributed by atoms with Crippen LogP contribution in [0.25, 0.3) is 0 Å². The fourth-order valence-electron chi connectivity index (χ4n) is 5.10. The number of carbonyl (C=O) groups excluding carboxylic acids is 1. The minimum Gasteiger partial charge on any atom is -0.488 e. The minimum absolute atomic E-state index is 0.00674. The average molecular weight is 494 g/mol. The molecule has 5 rings (SSSR count). The Labute approximate surface area is 208 Å². The largest absolute Gasteiger partial charge is 0.488 e. The molecule has 3 aromatic rings. The van der Waals surface area contributed by atoms with E-state index in [2.05, 4.69) is 13.8 Å². The Kier molecular flexibility index (Phi) is 5.40. The molecule has 0 spiro atoms. The highest BCUT2D eigenvalue weighted by Crippen LogP contribution is 2.48. The quantitative estimate of drug-likeness (QED) is 0.474. The summed E-state index contributed by atoms with van der Waals surface area (Å²) in [5, 5.41) is 10.1. The highest BCUT2D eigenvalue weighted by molar-refractivity contribution is 6.31. The number of carboxylic acid groups (broad SMARTS) is 1. The van der Waals surface area contributed by atoms with E-state index in [1.165, 1.54) is 12.1 Å². The molecule has 1 atom stereocenters. The van der Waals surface area contributed by atoms with E-state index in [1.807, 2.05) is 25.1 Å². The van der Waals surface area contributed by atoms with Gasteiger partial charge in [-0.1, -0.05) is 29.8 Å². The van der Waals surface area contributed by atoms with Gasteiger partial charge >= 0.3 is 5.97 Å². The second-order valence-electron chi connectivity index (χ2n) is 9.97. The number of halogens is 2. The van der Waals surface area contributed by atoms with Crippen LogP contribution in [-0.4, -0.2) is 22.6 Å². The van der Waals surface area contributed by atoms with Crippen molar-refractivity contribution in [2.45, 2.75) is 51.2 Å². The Morgan fingerprint density at radius 2 is 1.89 bits per heavy atom. The van der Waals surface area contributed by atoms with Crippen LogP contribution in [-0.2, 0) is 23.2 Å². The number of benzene rings is 3. The lowest BCUT2D eigenvalue weighted by Gasteiger charge is -2.34. The lowest BCUT2D eigenvalue weighted by molar-refractivity contribution is -0.121. The smallest absolute Gasteiger partial charge is 0.336 e. The fraction of sp³-hybridized carbons (Fsp3) is 0.286. The molecule has 1 N–H and O–H groups in total. The Morgan fingerprint density at radius 3 is 2.63 bits per heavy atom. The normalized spacial score (nSPS) is 20.3. The van der Waals surface area contributed by atoms with Gasteiger partial charge in [0.05, 0.1) is 17.5 Å². The standard InChI is InChI=1S/C28H25ClFNO4/c1-27(2)11-10-16-12-18(5-9-24(16)35-27)28(3)22-13-19(29)6-8-23(22)31(26(28)34)15-17-4-7-20(30)14-21(17)25(32)33/h4-9,12-14H,10-11,15H2,1-3H3,(H,32,33)/t28-/m0/s1. The summed E-state index contributed by atoms with van der Waals surface area (Å²) in [6.45, 7) is 5.97. The second kappa shape index (κ2) is 8.09. The van der Waals surface area contributed by atoms with E-state index in [0.29, 0.717) is 16.3 Å². The van der Waals surface area contributed by atoms with Crippen LogP contribution in [0.2, 0.25) is 5.02 Å². The highest BCUT2D eigenvalue weighted by atomic mass is 35.5. The van der Waals surface area contributed by atoms with Gasteiger partial charge in [-0.2, -0.15) is 0 Å². The van der Waals surface area contributed by atoms with Gasteiger partial charge in [0, 0.05) is 10.7 Å². The summed E-state index contributed by atoms with van der Waals surface area (Å²) in [7, 11) is 0. The molecule has 2 aliphatic heterocycles. The maximum atomic E-state index is 14.0. The first kappa shape index (κ1) is 23.4. The van der Waals surface area contributed by atoms with Gasteiger partial charge in [0.15, 0.2) is 0 Å². The Hall–Kier alpha value is -3.38. The summed E-state index contributed by atoms with van der Waals surface area (Å²) >= 11 is 6.36. The van der Waals surface area contributed by atoms with Gasteiger partial charge in [-0.15, -0.1) is 0 Å². The van der Waals surface area contributed by atoms with Gasteiger partial charge in [-0.3, -0.25) is 4.79 Å². The molecule has 0 fully saturated rings. The Morgan fingerprint density at radius 1 is 1.11 bits per heavy atom. The maximum Gasteiger partial charge on any atom is 0.336 e. The molecule has 7 heteroatoms. The number of hydrogen-bond acceptors (Lipinski definition) is 3. The number of hydrogen-bond donors (Lipinski definition) is 1. The van der Waals surface area contributed by atoms with Crippen LogP contribution in [0.4, 0.5) is 10.1 Å².